The lowest BCUT2D eigenvalue weighted by Crippen LogP contribution is -2.51. The van der Waals surface area contributed by atoms with Crippen molar-refractivity contribution in [2.45, 2.75) is 19.1 Å². The van der Waals surface area contributed by atoms with Crippen molar-refractivity contribution in [1.82, 2.24) is 10.2 Å². The quantitative estimate of drug-likeness (QED) is 0.920. The molecule has 2 rings (SSSR count). The van der Waals surface area contributed by atoms with Gasteiger partial charge in [0.05, 0.1) is 0 Å². The van der Waals surface area contributed by atoms with Gasteiger partial charge in [0.2, 0.25) is 0 Å². The van der Waals surface area contributed by atoms with Crippen LogP contribution in [-0.2, 0) is 9.53 Å². The van der Waals surface area contributed by atoms with Gasteiger partial charge in [-0.05, 0) is 24.6 Å². The summed E-state index contributed by atoms with van der Waals surface area (Å²) in [6.45, 7) is 3.91. The molecule has 1 amide bonds. The number of rotatable bonds is 3. The molecule has 4 nitrogen and oxygen atoms in total. The number of piperazine rings is 1. The minimum Gasteiger partial charge on any atom is -0.372 e. The van der Waals surface area contributed by atoms with Crippen LogP contribution in [0.5, 0.6) is 0 Å². The van der Waals surface area contributed by atoms with E-state index < -0.39 is 6.10 Å². The largest absolute Gasteiger partial charge is 0.372 e. The van der Waals surface area contributed by atoms with Gasteiger partial charge in [0, 0.05) is 37.8 Å². The Hall–Kier alpha value is -1.10. The number of methoxy groups -OCH3 is 1. The first kappa shape index (κ1) is 14.3. The molecule has 0 unspecified atom stereocenters. The van der Waals surface area contributed by atoms with Crippen LogP contribution < -0.4 is 5.32 Å². The lowest BCUT2D eigenvalue weighted by atomic mass is 10.0. The molecule has 104 valence electrons. The molecule has 1 aromatic carbocycles. The normalized spacial score (nSPS) is 21.2. The third-order valence-corrected chi connectivity index (χ3v) is 3.67. The fourth-order valence-corrected chi connectivity index (χ4v) is 2.45. The van der Waals surface area contributed by atoms with E-state index >= 15 is 0 Å². The third-order valence-electron chi connectivity index (χ3n) is 3.44. The van der Waals surface area contributed by atoms with Crippen molar-refractivity contribution >= 4 is 17.5 Å². The smallest absolute Gasteiger partial charge is 0.251 e. The van der Waals surface area contributed by atoms with Crippen LogP contribution in [0, 0.1) is 0 Å². The molecule has 0 spiro atoms. The van der Waals surface area contributed by atoms with Crippen LogP contribution in [-0.4, -0.2) is 43.7 Å². The van der Waals surface area contributed by atoms with E-state index in [-0.39, 0.29) is 11.9 Å². The Bertz CT molecular complexity index is 453. The summed E-state index contributed by atoms with van der Waals surface area (Å²) >= 11 is 6.01. The van der Waals surface area contributed by atoms with E-state index in [2.05, 4.69) is 5.32 Å². The summed E-state index contributed by atoms with van der Waals surface area (Å²) in [6, 6.07) is 7.87. The molecular weight excluding hydrogens is 264 g/mol. The molecule has 1 fully saturated rings. The van der Waals surface area contributed by atoms with E-state index in [0.717, 1.165) is 12.1 Å². The average molecular weight is 283 g/mol. The van der Waals surface area contributed by atoms with Gasteiger partial charge in [-0.1, -0.05) is 23.7 Å². The average Bonchev–Trinajstić information content (AvgIpc) is 2.46. The fraction of sp³-hybridized carbons (Fsp3) is 0.500. The van der Waals surface area contributed by atoms with Crippen molar-refractivity contribution in [3.05, 3.63) is 34.9 Å². The van der Waals surface area contributed by atoms with Crippen molar-refractivity contribution in [3.8, 4) is 0 Å². The first-order valence-electron chi connectivity index (χ1n) is 6.42. The van der Waals surface area contributed by atoms with Gasteiger partial charge >= 0.3 is 0 Å². The summed E-state index contributed by atoms with van der Waals surface area (Å²) < 4.78 is 5.09. The van der Waals surface area contributed by atoms with Crippen LogP contribution in [0.3, 0.4) is 0 Å². The van der Waals surface area contributed by atoms with Gasteiger partial charge in [-0.25, -0.2) is 0 Å². The van der Waals surface area contributed by atoms with Crippen LogP contribution in [0.1, 0.15) is 18.5 Å². The van der Waals surface area contributed by atoms with E-state index in [1.807, 2.05) is 29.2 Å². The highest BCUT2D eigenvalue weighted by molar-refractivity contribution is 6.30. The van der Waals surface area contributed by atoms with Crippen LogP contribution >= 0.6 is 11.6 Å². The van der Waals surface area contributed by atoms with Gasteiger partial charge in [-0.15, -0.1) is 0 Å². The molecule has 1 heterocycles. The molecule has 1 aliphatic rings. The summed E-state index contributed by atoms with van der Waals surface area (Å²) in [5.41, 5.74) is 1.11. The fourth-order valence-electron chi connectivity index (χ4n) is 2.25. The van der Waals surface area contributed by atoms with Crippen LogP contribution in [0.4, 0.5) is 0 Å². The zero-order valence-electron chi connectivity index (χ0n) is 11.2. The predicted molar refractivity (Wildman–Crippen MR) is 75.2 cm³/mol. The van der Waals surface area contributed by atoms with Crippen LogP contribution in [0.25, 0.3) is 0 Å². The molecule has 5 heteroatoms. The number of halogens is 1. The van der Waals surface area contributed by atoms with Crippen molar-refractivity contribution < 1.29 is 9.53 Å². The Morgan fingerprint density at radius 1 is 1.58 bits per heavy atom. The molecule has 0 radical (unpaired) electrons. The van der Waals surface area contributed by atoms with Crippen LogP contribution in [0.2, 0.25) is 5.02 Å². The summed E-state index contributed by atoms with van der Waals surface area (Å²) in [4.78, 5) is 14.0. The second-order valence-corrected chi connectivity index (χ2v) is 5.16. The van der Waals surface area contributed by atoms with Gasteiger partial charge in [0.1, 0.15) is 6.10 Å². The predicted octanol–water partition coefficient (Wildman–Crippen LogP) is 1.85. The van der Waals surface area contributed by atoms with Crippen molar-refractivity contribution in [3.63, 3.8) is 0 Å². The number of carbonyl (C=O) groups excluding carboxylic acids is 1. The van der Waals surface area contributed by atoms with E-state index in [4.69, 9.17) is 16.3 Å². The van der Waals surface area contributed by atoms with Crippen molar-refractivity contribution in [2.24, 2.45) is 0 Å². The number of carbonyl (C=O) groups is 1. The molecule has 0 bridgehead atoms. The monoisotopic (exact) mass is 282 g/mol. The maximum Gasteiger partial charge on any atom is 0.251 e. The molecule has 0 saturated carbocycles. The minimum absolute atomic E-state index is 0.0380. The molecule has 1 saturated heterocycles. The molecule has 0 aliphatic carbocycles. The third kappa shape index (κ3) is 3.47. The summed E-state index contributed by atoms with van der Waals surface area (Å²) in [6.07, 6.45) is -0.391. The minimum atomic E-state index is -0.391. The standard InChI is InChI=1S/C14H19ClN2O2/c1-10(19-2)14(18)17-7-6-16-13(9-17)11-4-3-5-12(15)8-11/h3-5,8,10,13,16H,6-7,9H2,1-2H3/t10-,13-/m1/s1. The van der Waals surface area contributed by atoms with E-state index in [0.29, 0.717) is 18.1 Å². The topological polar surface area (TPSA) is 41.6 Å². The van der Waals surface area contributed by atoms with Gasteiger partial charge in [0.25, 0.3) is 5.91 Å². The second-order valence-electron chi connectivity index (χ2n) is 4.72. The lowest BCUT2D eigenvalue weighted by Gasteiger charge is -2.35. The molecule has 2 atom stereocenters. The maximum atomic E-state index is 12.1. The Kier molecular flexibility index (Phi) is 4.80. The summed E-state index contributed by atoms with van der Waals surface area (Å²) in [5.74, 6) is 0.0380. The number of nitrogens with zero attached hydrogens (tertiary/aromatic N) is 1. The number of hydrogen-bond donors (Lipinski definition) is 1. The van der Waals surface area contributed by atoms with Crippen molar-refractivity contribution in [2.75, 3.05) is 26.7 Å². The van der Waals surface area contributed by atoms with Gasteiger partial charge in [-0.3, -0.25) is 4.79 Å². The number of amides is 1. The van der Waals surface area contributed by atoms with Gasteiger partial charge in [-0.2, -0.15) is 0 Å². The SMILES string of the molecule is CO[C@H](C)C(=O)N1CCN[C@@H](c2cccc(Cl)c2)C1. The number of nitrogens with one attached hydrogen (secondary N) is 1. The van der Waals surface area contributed by atoms with Gasteiger partial charge < -0.3 is 15.0 Å². The number of benzene rings is 1. The van der Waals surface area contributed by atoms with Crippen molar-refractivity contribution in [1.29, 1.82) is 0 Å². The van der Waals surface area contributed by atoms with Gasteiger partial charge in [0.15, 0.2) is 0 Å². The highest BCUT2D eigenvalue weighted by Crippen LogP contribution is 2.21. The zero-order valence-corrected chi connectivity index (χ0v) is 12.0. The first-order valence-corrected chi connectivity index (χ1v) is 6.80. The van der Waals surface area contributed by atoms with E-state index in [9.17, 15) is 4.79 Å². The molecule has 1 N–H and O–H groups in total. The molecular formula is C14H19ClN2O2. The van der Waals surface area contributed by atoms with Crippen LogP contribution in [0.15, 0.2) is 24.3 Å². The highest BCUT2D eigenvalue weighted by atomic mass is 35.5. The zero-order chi connectivity index (χ0) is 13.8. The summed E-state index contributed by atoms with van der Waals surface area (Å²) in [5, 5.41) is 4.13. The Labute approximate surface area is 118 Å². The van der Waals surface area contributed by atoms with E-state index in [1.54, 1.807) is 14.0 Å². The number of hydrogen-bond acceptors (Lipinski definition) is 3. The highest BCUT2D eigenvalue weighted by Gasteiger charge is 2.27. The summed E-state index contributed by atoms with van der Waals surface area (Å²) in [7, 11) is 1.55. The Morgan fingerprint density at radius 2 is 2.37 bits per heavy atom. The molecule has 0 aromatic heterocycles. The first-order chi connectivity index (χ1) is 9.11. The molecule has 1 aliphatic heterocycles. The second kappa shape index (κ2) is 6.37. The maximum absolute atomic E-state index is 12.1. The Balaban J connectivity index is 2.07. The Morgan fingerprint density at radius 3 is 3.05 bits per heavy atom. The number of ether oxygens (including phenoxy) is 1. The molecule has 19 heavy (non-hydrogen) atoms. The van der Waals surface area contributed by atoms with E-state index in [1.165, 1.54) is 0 Å². The lowest BCUT2D eigenvalue weighted by molar-refractivity contribution is -0.142. The molecule has 1 aromatic rings.